The summed E-state index contributed by atoms with van der Waals surface area (Å²) in [5.74, 6) is -0.534. The summed E-state index contributed by atoms with van der Waals surface area (Å²) in [4.78, 5) is 15.9. The molecule has 2 rings (SSSR count). The summed E-state index contributed by atoms with van der Waals surface area (Å²) in [6.07, 6.45) is 0. The lowest BCUT2D eigenvalue weighted by atomic mass is 10.1. The van der Waals surface area contributed by atoms with Gasteiger partial charge in [0.15, 0.2) is 5.82 Å². The molecule has 1 atom stereocenters. The number of carbonyl (C=O) groups is 1. The van der Waals surface area contributed by atoms with E-state index in [2.05, 4.69) is 15.2 Å². The second kappa shape index (κ2) is 5.27. The molecule has 0 aliphatic rings. The highest BCUT2D eigenvalue weighted by Crippen LogP contribution is 2.18. The van der Waals surface area contributed by atoms with E-state index in [9.17, 15) is 4.79 Å². The molecule has 0 saturated carbocycles. The molecule has 5 nitrogen and oxygen atoms in total. The zero-order chi connectivity index (χ0) is 13.1. The largest absolute Gasteiger partial charge is 0.465 e. The first-order valence-corrected chi connectivity index (χ1v) is 5.96. The molecule has 0 bridgehead atoms. The van der Waals surface area contributed by atoms with Gasteiger partial charge in [-0.25, -0.2) is 4.98 Å². The summed E-state index contributed by atoms with van der Waals surface area (Å²) in [5, 5.41) is 8.51. The van der Waals surface area contributed by atoms with Gasteiger partial charge in [-0.1, -0.05) is 11.6 Å². The molecule has 94 valence electrons. The SMILES string of the molecule is CCOC(=O)C(C)c1nnc2cc(Cl)ccc2n1. The average molecular weight is 266 g/mol. The van der Waals surface area contributed by atoms with Crippen LogP contribution < -0.4 is 0 Å². The highest BCUT2D eigenvalue weighted by molar-refractivity contribution is 6.31. The van der Waals surface area contributed by atoms with Crippen molar-refractivity contribution in [1.82, 2.24) is 15.2 Å². The zero-order valence-corrected chi connectivity index (χ0v) is 10.8. The molecule has 0 aliphatic carbocycles. The van der Waals surface area contributed by atoms with Crippen LogP contribution in [0.5, 0.6) is 0 Å². The molecule has 1 unspecified atom stereocenters. The Labute approximate surface area is 109 Å². The summed E-state index contributed by atoms with van der Waals surface area (Å²) < 4.78 is 4.92. The van der Waals surface area contributed by atoms with Crippen molar-refractivity contribution in [3.05, 3.63) is 29.0 Å². The van der Waals surface area contributed by atoms with Gasteiger partial charge in [0, 0.05) is 5.02 Å². The molecule has 2 aromatic rings. The normalized spacial score (nSPS) is 12.4. The maximum Gasteiger partial charge on any atom is 0.316 e. The lowest BCUT2D eigenvalue weighted by Crippen LogP contribution is -2.16. The van der Waals surface area contributed by atoms with Gasteiger partial charge in [-0.05, 0) is 32.0 Å². The molecule has 0 amide bonds. The van der Waals surface area contributed by atoms with Crippen molar-refractivity contribution in [2.45, 2.75) is 19.8 Å². The van der Waals surface area contributed by atoms with Gasteiger partial charge in [0.25, 0.3) is 0 Å². The van der Waals surface area contributed by atoms with E-state index in [-0.39, 0.29) is 5.97 Å². The molecule has 1 aromatic carbocycles. The van der Waals surface area contributed by atoms with Crippen LogP contribution in [-0.4, -0.2) is 27.8 Å². The van der Waals surface area contributed by atoms with Crippen LogP contribution in [0.2, 0.25) is 5.02 Å². The fourth-order valence-corrected chi connectivity index (χ4v) is 1.64. The van der Waals surface area contributed by atoms with Gasteiger partial charge >= 0.3 is 5.97 Å². The molecule has 6 heteroatoms. The first-order valence-electron chi connectivity index (χ1n) is 5.58. The Balaban J connectivity index is 2.35. The number of carbonyl (C=O) groups excluding carboxylic acids is 1. The van der Waals surface area contributed by atoms with E-state index >= 15 is 0 Å². The molecular weight excluding hydrogens is 254 g/mol. The molecule has 18 heavy (non-hydrogen) atoms. The third-order valence-electron chi connectivity index (χ3n) is 2.46. The van der Waals surface area contributed by atoms with Crippen LogP contribution in [-0.2, 0) is 9.53 Å². The fraction of sp³-hybridized carbons (Fsp3) is 0.333. The topological polar surface area (TPSA) is 65.0 Å². The van der Waals surface area contributed by atoms with E-state index in [4.69, 9.17) is 16.3 Å². The fourth-order valence-electron chi connectivity index (χ4n) is 1.48. The number of ether oxygens (including phenoxy) is 1. The van der Waals surface area contributed by atoms with E-state index in [0.717, 1.165) is 0 Å². The van der Waals surface area contributed by atoms with Crippen molar-refractivity contribution >= 4 is 28.6 Å². The molecule has 0 radical (unpaired) electrons. The second-order valence-electron chi connectivity index (χ2n) is 3.78. The number of nitrogens with zero attached hydrogens (tertiary/aromatic N) is 3. The third kappa shape index (κ3) is 2.56. The van der Waals surface area contributed by atoms with Crippen molar-refractivity contribution in [1.29, 1.82) is 0 Å². The lowest BCUT2D eigenvalue weighted by molar-refractivity contribution is -0.144. The zero-order valence-electron chi connectivity index (χ0n) is 10.1. The van der Waals surface area contributed by atoms with Gasteiger partial charge in [0.2, 0.25) is 0 Å². The summed E-state index contributed by atoms with van der Waals surface area (Å²) in [6, 6.07) is 5.14. The number of rotatable bonds is 3. The van der Waals surface area contributed by atoms with Gasteiger partial charge in [-0.3, -0.25) is 4.79 Å². The maximum atomic E-state index is 11.6. The van der Waals surface area contributed by atoms with Gasteiger partial charge in [-0.15, -0.1) is 10.2 Å². The number of benzene rings is 1. The van der Waals surface area contributed by atoms with E-state index in [1.54, 1.807) is 32.0 Å². The summed E-state index contributed by atoms with van der Waals surface area (Å²) in [5.41, 5.74) is 1.25. The first-order chi connectivity index (χ1) is 8.61. The highest BCUT2D eigenvalue weighted by atomic mass is 35.5. The highest BCUT2D eigenvalue weighted by Gasteiger charge is 2.20. The third-order valence-corrected chi connectivity index (χ3v) is 2.70. The first kappa shape index (κ1) is 12.7. The predicted octanol–water partition coefficient (Wildman–Crippen LogP) is 2.34. The number of aromatic nitrogens is 3. The quantitative estimate of drug-likeness (QED) is 0.797. The molecule has 1 aromatic heterocycles. The number of esters is 1. The van der Waals surface area contributed by atoms with E-state index in [1.807, 2.05) is 0 Å². The van der Waals surface area contributed by atoms with Crippen LogP contribution in [0.3, 0.4) is 0 Å². The Morgan fingerprint density at radius 1 is 1.39 bits per heavy atom. The molecule has 0 fully saturated rings. The maximum absolute atomic E-state index is 11.6. The van der Waals surface area contributed by atoms with Crippen molar-refractivity contribution in [2.24, 2.45) is 0 Å². The summed E-state index contributed by atoms with van der Waals surface area (Å²) in [6.45, 7) is 3.78. The molecule has 0 aliphatic heterocycles. The number of fused-ring (bicyclic) bond motifs is 1. The lowest BCUT2D eigenvalue weighted by Gasteiger charge is -2.08. The minimum Gasteiger partial charge on any atom is -0.465 e. The Morgan fingerprint density at radius 2 is 2.17 bits per heavy atom. The average Bonchev–Trinajstić information content (AvgIpc) is 2.37. The standard InChI is InChI=1S/C12H12ClN3O2/c1-3-18-12(17)7(2)11-14-9-5-4-8(13)6-10(9)15-16-11/h4-7H,3H2,1-2H3. The van der Waals surface area contributed by atoms with Gasteiger partial charge in [-0.2, -0.15) is 0 Å². The molecule has 0 spiro atoms. The van der Waals surface area contributed by atoms with Crippen LogP contribution >= 0.6 is 11.6 Å². The number of halogens is 1. The minimum atomic E-state index is -0.530. The molecule has 0 saturated heterocycles. The van der Waals surface area contributed by atoms with E-state index in [1.165, 1.54) is 0 Å². The Morgan fingerprint density at radius 3 is 2.89 bits per heavy atom. The Bertz CT molecular complexity index is 589. The van der Waals surface area contributed by atoms with Crippen molar-refractivity contribution in [3.8, 4) is 0 Å². The van der Waals surface area contributed by atoms with Gasteiger partial charge in [0.05, 0.1) is 12.1 Å². The molecular formula is C12H12ClN3O2. The van der Waals surface area contributed by atoms with Gasteiger partial charge in [0.1, 0.15) is 11.4 Å². The Kier molecular flexibility index (Phi) is 3.72. The van der Waals surface area contributed by atoms with E-state index in [0.29, 0.717) is 28.5 Å². The van der Waals surface area contributed by atoms with Crippen LogP contribution in [0.4, 0.5) is 0 Å². The van der Waals surface area contributed by atoms with Gasteiger partial charge < -0.3 is 4.74 Å². The summed E-state index contributed by atoms with van der Waals surface area (Å²) >= 11 is 5.84. The van der Waals surface area contributed by atoms with Crippen LogP contribution in [0, 0.1) is 0 Å². The monoisotopic (exact) mass is 265 g/mol. The van der Waals surface area contributed by atoms with Crippen molar-refractivity contribution < 1.29 is 9.53 Å². The molecule has 0 N–H and O–H groups in total. The smallest absolute Gasteiger partial charge is 0.316 e. The minimum absolute atomic E-state index is 0.333. The predicted molar refractivity (Wildman–Crippen MR) is 67.4 cm³/mol. The molecule has 1 heterocycles. The number of hydrogen-bond acceptors (Lipinski definition) is 5. The van der Waals surface area contributed by atoms with Crippen LogP contribution in [0.15, 0.2) is 18.2 Å². The van der Waals surface area contributed by atoms with E-state index < -0.39 is 5.92 Å². The Hall–Kier alpha value is -1.75. The second-order valence-corrected chi connectivity index (χ2v) is 4.21. The van der Waals surface area contributed by atoms with Crippen LogP contribution in [0.1, 0.15) is 25.6 Å². The van der Waals surface area contributed by atoms with Crippen molar-refractivity contribution in [3.63, 3.8) is 0 Å². The summed E-state index contributed by atoms with van der Waals surface area (Å²) in [7, 11) is 0. The van der Waals surface area contributed by atoms with Crippen LogP contribution in [0.25, 0.3) is 11.0 Å². The number of hydrogen-bond donors (Lipinski definition) is 0. The van der Waals surface area contributed by atoms with Crippen molar-refractivity contribution in [2.75, 3.05) is 6.61 Å².